The first-order valence-electron chi connectivity index (χ1n) is 10.9. The number of pyridine rings is 1. The molecule has 0 aliphatic carbocycles. The number of fused-ring (bicyclic) bond motifs is 1. The molecule has 176 valence electrons. The van der Waals surface area contributed by atoms with E-state index in [9.17, 15) is 19.8 Å². The summed E-state index contributed by atoms with van der Waals surface area (Å²) in [6, 6.07) is 3.41. The van der Waals surface area contributed by atoms with Crippen molar-refractivity contribution in [3.05, 3.63) is 28.7 Å². The topological polar surface area (TPSA) is 121 Å². The summed E-state index contributed by atoms with van der Waals surface area (Å²) in [6.45, 7) is 7.96. The number of ether oxygens (including phenoxy) is 1. The van der Waals surface area contributed by atoms with E-state index >= 15 is 0 Å². The lowest BCUT2D eigenvalue weighted by Gasteiger charge is -2.43. The van der Waals surface area contributed by atoms with Crippen LogP contribution in [0.25, 0.3) is 11.2 Å². The molecule has 3 heterocycles. The third kappa shape index (κ3) is 5.55. The molecule has 2 N–H and O–H groups in total. The van der Waals surface area contributed by atoms with Crippen LogP contribution in [-0.4, -0.2) is 85.1 Å². The fourth-order valence-electron chi connectivity index (χ4n) is 4.37. The van der Waals surface area contributed by atoms with Crippen LogP contribution < -0.4 is 10.3 Å². The fourth-order valence-corrected chi connectivity index (χ4v) is 4.37. The second-order valence-corrected chi connectivity index (χ2v) is 9.24. The summed E-state index contributed by atoms with van der Waals surface area (Å²) in [5, 5.41) is 20.2. The molecule has 0 saturated carbocycles. The molecular formula is C22H33N5O5. The van der Waals surface area contributed by atoms with Crippen LogP contribution >= 0.6 is 0 Å². The SMILES string of the molecule is COc1ccc2ncc(=O)n(CCC(O)CN3CCC(N(C(=O)O)C(C)(C)C)CC3)c2n1. The van der Waals surface area contributed by atoms with Gasteiger partial charge in [-0.1, -0.05) is 0 Å². The first kappa shape index (κ1) is 23.9. The highest BCUT2D eigenvalue weighted by atomic mass is 16.5. The summed E-state index contributed by atoms with van der Waals surface area (Å²) in [6.07, 6.45) is 1.60. The fraction of sp³-hybridized carbons (Fsp3) is 0.636. The van der Waals surface area contributed by atoms with E-state index < -0.39 is 17.7 Å². The number of carboxylic acid groups (broad SMARTS) is 1. The van der Waals surface area contributed by atoms with Gasteiger partial charge in [0.15, 0.2) is 5.65 Å². The summed E-state index contributed by atoms with van der Waals surface area (Å²) in [5.41, 5.74) is 0.293. The molecular weight excluding hydrogens is 414 g/mol. The third-order valence-corrected chi connectivity index (χ3v) is 5.88. The van der Waals surface area contributed by atoms with Gasteiger partial charge in [-0.2, -0.15) is 4.98 Å². The van der Waals surface area contributed by atoms with Gasteiger partial charge in [-0.25, -0.2) is 9.78 Å². The first-order valence-corrected chi connectivity index (χ1v) is 10.9. The molecule has 3 rings (SSSR count). The maximum atomic E-state index is 12.3. The minimum absolute atomic E-state index is 0.0243. The third-order valence-electron chi connectivity index (χ3n) is 5.88. The molecule has 0 radical (unpaired) electrons. The number of carbonyl (C=O) groups is 1. The Morgan fingerprint density at radius 1 is 1.31 bits per heavy atom. The smallest absolute Gasteiger partial charge is 0.407 e. The van der Waals surface area contributed by atoms with Crippen molar-refractivity contribution < 1.29 is 19.7 Å². The van der Waals surface area contributed by atoms with E-state index in [4.69, 9.17) is 4.74 Å². The van der Waals surface area contributed by atoms with Gasteiger partial charge < -0.3 is 24.7 Å². The number of piperidine rings is 1. The van der Waals surface area contributed by atoms with Crippen molar-refractivity contribution in [2.24, 2.45) is 0 Å². The van der Waals surface area contributed by atoms with Gasteiger partial charge in [-0.05, 0) is 46.1 Å². The molecule has 32 heavy (non-hydrogen) atoms. The average Bonchev–Trinajstić information content (AvgIpc) is 2.72. The number of β-amino-alcohol motifs (C(OH)–C–C–N with tert-alkyl or cyclic N) is 1. The van der Waals surface area contributed by atoms with E-state index in [1.165, 1.54) is 17.9 Å². The average molecular weight is 448 g/mol. The van der Waals surface area contributed by atoms with Gasteiger partial charge in [0.05, 0.1) is 19.4 Å². The van der Waals surface area contributed by atoms with Crippen LogP contribution in [0.15, 0.2) is 23.1 Å². The zero-order valence-electron chi connectivity index (χ0n) is 19.2. The highest BCUT2D eigenvalue weighted by Crippen LogP contribution is 2.25. The van der Waals surface area contributed by atoms with Crippen molar-refractivity contribution in [2.75, 3.05) is 26.7 Å². The number of nitrogens with zero attached hydrogens (tertiary/aromatic N) is 5. The van der Waals surface area contributed by atoms with Gasteiger partial charge >= 0.3 is 6.09 Å². The molecule has 2 aromatic heterocycles. The number of aliphatic hydroxyl groups excluding tert-OH is 1. The number of aliphatic hydroxyl groups is 1. The summed E-state index contributed by atoms with van der Waals surface area (Å²) < 4.78 is 6.66. The Bertz CT molecular complexity index is 994. The van der Waals surface area contributed by atoms with Gasteiger partial charge in [0.1, 0.15) is 5.52 Å². The van der Waals surface area contributed by atoms with Gasteiger partial charge in [0.25, 0.3) is 5.56 Å². The predicted octanol–water partition coefficient (Wildman–Crippen LogP) is 1.79. The molecule has 1 amide bonds. The lowest BCUT2D eigenvalue weighted by molar-refractivity contribution is 0.0292. The Morgan fingerprint density at radius 2 is 2.00 bits per heavy atom. The number of methoxy groups -OCH3 is 1. The molecule has 10 nitrogen and oxygen atoms in total. The van der Waals surface area contributed by atoms with Crippen molar-refractivity contribution in [1.82, 2.24) is 24.3 Å². The molecule has 1 fully saturated rings. The van der Waals surface area contributed by atoms with E-state index in [0.717, 1.165) is 25.9 Å². The Balaban J connectivity index is 1.58. The number of hydrogen-bond acceptors (Lipinski definition) is 7. The van der Waals surface area contributed by atoms with Crippen LogP contribution in [0.1, 0.15) is 40.0 Å². The van der Waals surface area contributed by atoms with E-state index in [1.807, 2.05) is 20.8 Å². The van der Waals surface area contributed by atoms with Gasteiger partial charge in [-0.15, -0.1) is 0 Å². The molecule has 0 spiro atoms. The lowest BCUT2D eigenvalue weighted by Crippen LogP contribution is -2.55. The van der Waals surface area contributed by atoms with Crippen molar-refractivity contribution in [3.8, 4) is 5.88 Å². The second-order valence-electron chi connectivity index (χ2n) is 9.24. The van der Waals surface area contributed by atoms with E-state index in [-0.39, 0.29) is 11.6 Å². The normalized spacial score (nSPS) is 16.8. The van der Waals surface area contributed by atoms with Crippen LogP contribution in [0.5, 0.6) is 5.88 Å². The highest BCUT2D eigenvalue weighted by Gasteiger charge is 2.35. The molecule has 2 aromatic rings. The molecule has 1 aliphatic heterocycles. The van der Waals surface area contributed by atoms with Crippen LogP contribution in [0.2, 0.25) is 0 Å². The largest absolute Gasteiger partial charge is 0.481 e. The van der Waals surface area contributed by atoms with E-state index in [0.29, 0.717) is 36.6 Å². The van der Waals surface area contributed by atoms with E-state index in [2.05, 4.69) is 14.9 Å². The number of aryl methyl sites for hydroxylation is 1. The van der Waals surface area contributed by atoms with E-state index in [1.54, 1.807) is 17.0 Å². The van der Waals surface area contributed by atoms with Gasteiger partial charge in [-0.3, -0.25) is 9.36 Å². The molecule has 1 saturated heterocycles. The predicted molar refractivity (Wildman–Crippen MR) is 120 cm³/mol. The Hall–Kier alpha value is -2.72. The minimum Gasteiger partial charge on any atom is -0.481 e. The monoisotopic (exact) mass is 447 g/mol. The highest BCUT2D eigenvalue weighted by molar-refractivity contribution is 5.70. The standard InChI is InChI=1S/C22H33N5O5/c1-22(2,3)27(21(30)31)15-7-10-25(11-8-15)14-16(28)9-12-26-19(29)13-23-17-5-6-18(32-4)24-20(17)26/h5-6,13,15-16,28H,7-12,14H2,1-4H3,(H,30,31). The molecule has 10 heteroatoms. The van der Waals surface area contributed by atoms with Crippen molar-refractivity contribution in [3.63, 3.8) is 0 Å². The zero-order chi connectivity index (χ0) is 23.5. The molecule has 0 aromatic carbocycles. The summed E-state index contributed by atoms with van der Waals surface area (Å²) in [7, 11) is 1.51. The van der Waals surface area contributed by atoms with Crippen LogP contribution in [0.4, 0.5) is 4.79 Å². The van der Waals surface area contributed by atoms with Crippen molar-refractivity contribution in [1.29, 1.82) is 0 Å². The minimum atomic E-state index is -0.892. The van der Waals surface area contributed by atoms with Crippen LogP contribution in [0, 0.1) is 0 Å². The summed E-state index contributed by atoms with van der Waals surface area (Å²) in [5.74, 6) is 0.396. The quantitative estimate of drug-likeness (QED) is 0.659. The molecule has 0 bridgehead atoms. The maximum Gasteiger partial charge on any atom is 0.407 e. The van der Waals surface area contributed by atoms with Crippen molar-refractivity contribution >= 4 is 17.3 Å². The maximum absolute atomic E-state index is 12.3. The van der Waals surface area contributed by atoms with Crippen LogP contribution in [0.3, 0.4) is 0 Å². The molecule has 1 unspecified atom stereocenters. The number of amides is 1. The van der Waals surface area contributed by atoms with Crippen molar-refractivity contribution in [2.45, 2.75) is 64.3 Å². The number of likely N-dealkylation sites (tertiary alicyclic amines) is 1. The second kappa shape index (κ2) is 9.83. The van der Waals surface area contributed by atoms with Gasteiger partial charge in [0, 0.05) is 43.8 Å². The molecule has 1 aliphatic rings. The summed E-state index contributed by atoms with van der Waals surface area (Å²) >= 11 is 0. The Labute approximate surface area is 187 Å². The number of aromatic nitrogens is 3. The first-order chi connectivity index (χ1) is 15.1. The Kier molecular flexibility index (Phi) is 7.35. The number of rotatable bonds is 7. The zero-order valence-corrected chi connectivity index (χ0v) is 19.2. The summed E-state index contributed by atoms with van der Waals surface area (Å²) in [4.78, 5) is 36.2. The van der Waals surface area contributed by atoms with Gasteiger partial charge in [0.2, 0.25) is 5.88 Å². The van der Waals surface area contributed by atoms with Crippen LogP contribution in [-0.2, 0) is 6.54 Å². The number of hydrogen-bond donors (Lipinski definition) is 2. The molecule has 1 atom stereocenters. The lowest BCUT2D eigenvalue weighted by atomic mass is 9.96. The Morgan fingerprint density at radius 3 is 2.59 bits per heavy atom.